The van der Waals surface area contributed by atoms with Gasteiger partial charge in [0.15, 0.2) is 5.65 Å². The van der Waals surface area contributed by atoms with Crippen LogP contribution in [-0.2, 0) is 11.2 Å². The third-order valence-electron chi connectivity index (χ3n) is 7.18. The number of piperidine rings is 1. The zero-order chi connectivity index (χ0) is 22.3. The summed E-state index contributed by atoms with van der Waals surface area (Å²) in [6, 6.07) is 1.96. The molecule has 0 N–H and O–H groups in total. The smallest absolute Gasteiger partial charge is 0.342 e. The Morgan fingerprint density at radius 1 is 1.16 bits per heavy atom. The predicted molar refractivity (Wildman–Crippen MR) is 112 cm³/mol. The summed E-state index contributed by atoms with van der Waals surface area (Å²) in [7, 11) is 0. The van der Waals surface area contributed by atoms with Gasteiger partial charge in [-0.15, -0.1) is 0 Å². The van der Waals surface area contributed by atoms with E-state index in [1.807, 2.05) is 22.4 Å². The number of carbonyl (C=O) groups excluding carboxylic acids is 1. The highest BCUT2D eigenvalue weighted by atomic mass is 19.4. The van der Waals surface area contributed by atoms with Crippen LogP contribution in [0, 0.1) is 12.8 Å². The van der Waals surface area contributed by atoms with E-state index < -0.39 is 12.1 Å². The Kier molecular flexibility index (Phi) is 6.01. The number of hydrogen-bond donors (Lipinski definition) is 0. The van der Waals surface area contributed by atoms with Gasteiger partial charge in [-0.1, -0.05) is 6.92 Å². The quantitative estimate of drug-likeness (QED) is 0.668. The first-order chi connectivity index (χ1) is 14.7. The first-order valence-electron chi connectivity index (χ1n) is 11.4. The summed E-state index contributed by atoms with van der Waals surface area (Å²) in [5.41, 5.74) is 4.86. The highest BCUT2D eigenvalue weighted by Crippen LogP contribution is 2.43. The zero-order valence-electron chi connectivity index (χ0n) is 18.5. The Balaban J connectivity index is 1.68. The summed E-state index contributed by atoms with van der Waals surface area (Å²) < 4.78 is 41.1. The lowest BCUT2D eigenvalue weighted by molar-refractivity contribution is -0.182. The van der Waals surface area contributed by atoms with E-state index in [1.165, 1.54) is 5.56 Å². The Morgan fingerprint density at radius 2 is 1.87 bits per heavy atom. The van der Waals surface area contributed by atoms with Gasteiger partial charge in [-0.25, -0.2) is 9.50 Å². The van der Waals surface area contributed by atoms with Crippen LogP contribution in [0.5, 0.6) is 0 Å². The van der Waals surface area contributed by atoms with Gasteiger partial charge in [0.2, 0.25) is 5.91 Å². The number of likely N-dealkylation sites (tertiary alicyclic amines) is 1. The summed E-state index contributed by atoms with van der Waals surface area (Å²) in [4.78, 5) is 18.6. The number of aromatic nitrogens is 3. The zero-order valence-corrected chi connectivity index (χ0v) is 18.5. The molecule has 1 saturated heterocycles. The van der Waals surface area contributed by atoms with Crippen molar-refractivity contribution in [2.24, 2.45) is 5.92 Å². The van der Waals surface area contributed by atoms with Gasteiger partial charge in [0.25, 0.3) is 0 Å². The number of alkyl halides is 3. The van der Waals surface area contributed by atoms with E-state index in [2.05, 4.69) is 6.92 Å². The molecule has 4 rings (SSSR count). The first kappa shape index (κ1) is 22.1. The Labute approximate surface area is 181 Å². The van der Waals surface area contributed by atoms with Crippen molar-refractivity contribution in [3.8, 4) is 0 Å². The lowest BCUT2D eigenvalue weighted by Gasteiger charge is -2.33. The van der Waals surface area contributed by atoms with Gasteiger partial charge in [0.1, 0.15) is 0 Å². The molecule has 1 saturated carbocycles. The molecule has 0 radical (unpaired) electrons. The standard InChI is InChI=1S/C23H31F3N4O/c1-4-19-14(2)27-21-12-20(16-7-9-18(10-8-16)23(24,25)26)28-30(21)22(19)17-6-5-11-29(13-17)15(3)31/h12,16-18H,4-11,13H2,1-3H3/t16?,17-,18?/m1/s1. The van der Waals surface area contributed by atoms with Crippen molar-refractivity contribution in [3.05, 3.63) is 28.7 Å². The SMILES string of the molecule is CCc1c(C)nc2cc(C3CCC(C(F)(F)F)CC3)nn2c1[C@@H]1CCCN(C(C)=O)C1. The average molecular weight is 437 g/mol. The molecule has 170 valence electrons. The molecular formula is C23H31F3N4O. The molecule has 2 fully saturated rings. The fraction of sp³-hybridized carbons (Fsp3) is 0.696. The highest BCUT2D eigenvalue weighted by Gasteiger charge is 2.42. The Morgan fingerprint density at radius 3 is 2.48 bits per heavy atom. The maximum atomic E-state index is 13.1. The number of hydrogen-bond acceptors (Lipinski definition) is 3. The van der Waals surface area contributed by atoms with Crippen LogP contribution in [0.3, 0.4) is 0 Å². The molecule has 2 aromatic rings. The molecule has 1 aliphatic heterocycles. The van der Waals surface area contributed by atoms with E-state index in [1.54, 1.807) is 6.92 Å². The van der Waals surface area contributed by atoms with Crippen LogP contribution in [0.25, 0.3) is 5.65 Å². The lowest BCUT2D eigenvalue weighted by atomic mass is 9.80. The number of carbonyl (C=O) groups is 1. The molecule has 2 aromatic heterocycles. The number of aryl methyl sites for hydroxylation is 1. The van der Waals surface area contributed by atoms with Crippen molar-refractivity contribution < 1.29 is 18.0 Å². The second kappa shape index (κ2) is 8.43. The van der Waals surface area contributed by atoms with Crippen LogP contribution in [0.15, 0.2) is 6.07 Å². The van der Waals surface area contributed by atoms with E-state index in [0.717, 1.165) is 48.5 Å². The molecule has 2 aliphatic rings. The van der Waals surface area contributed by atoms with Gasteiger partial charge in [0.05, 0.1) is 17.3 Å². The molecule has 31 heavy (non-hydrogen) atoms. The molecule has 0 spiro atoms. The van der Waals surface area contributed by atoms with Crippen molar-refractivity contribution in [3.63, 3.8) is 0 Å². The molecule has 5 nitrogen and oxygen atoms in total. The minimum atomic E-state index is -4.10. The van der Waals surface area contributed by atoms with Crippen LogP contribution in [0.2, 0.25) is 0 Å². The molecular weight excluding hydrogens is 405 g/mol. The van der Waals surface area contributed by atoms with Gasteiger partial charge in [-0.2, -0.15) is 18.3 Å². The maximum Gasteiger partial charge on any atom is 0.391 e. The lowest BCUT2D eigenvalue weighted by Crippen LogP contribution is -2.38. The second-order valence-corrected chi connectivity index (χ2v) is 9.15. The van der Waals surface area contributed by atoms with Crippen molar-refractivity contribution >= 4 is 11.6 Å². The third kappa shape index (κ3) is 4.30. The molecule has 1 aliphatic carbocycles. The van der Waals surface area contributed by atoms with Crippen LogP contribution in [0.1, 0.15) is 86.9 Å². The number of rotatable bonds is 3. The maximum absolute atomic E-state index is 13.1. The topological polar surface area (TPSA) is 50.5 Å². The number of fused-ring (bicyclic) bond motifs is 1. The molecule has 0 aromatic carbocycles. The number of nitrogens with zero attached hydrogens (tertiary/aromatic N) is 4. The molecule has 0 unspecified atom stereocenters. The third-order valence-corrected chi connectivity index (χ3v) is 7.18. The minimum Gasteiger partial charge on any atom is -0.342 e. The molecule has 1 amide bonds. The summed E-state index contributed by atoms with van der Waals surface area (Å²) in [5.74, 6) is -0.875. The highest BCUT2D eigenvalue weighted by molar-refractivity contribution is 5.73. The summed E-state index contributed by atoms with van der Waals surface area (Å²) >= 11 is 0. The van der Waals surface area contributed by atoms with Crippen LogP contribution < -0.4 is 0 Å². The van der Waals surface area contributed by atoms with Gasteiger partial charge in [-0.3, -0.25) is 4.79 Å². The fourth-order valence-electron chi connectivity index (χ4n) is 5.46. The van der Waals surface area contributed by atoms with E-state index in [4.69, 9.17) is 10.1 Å². The van der Waals surface area contributed by atoms with Gasteiger partial charge in [-0.05, 0) is 57.4 Å². The number of halogens is 3. The summed E-state index contributed by atoms with van der Waals surface area (Å²) in [5, 5.41) is 4.89. The average Bonchev–Trinajstić information content (AvgIpc) is 3.15. The van der Waals surface area contributed by atoms with Crippen molar-refractivity contribution in [2.45, 2.75) is 83.7 Å². The number of amides is 1. The molecule has 0 bridgehead atoms. The van der Waals surface area contributed by atoms with Gasteiger partial charge < -0.3 is 4.90 Å². The fourth-order valence-corrected chi connectivity index (χ4v) is 5.46. The summed E-state index contributed by atoms with van der Waals surface area (Å²) in [6.45, 7) is 7.18. The Bertz CT molecular complexity index is 960. The van der Waals surface area contributed by atoms with Crippen molar-refractivity contribution in [1.82, 2.24) is 19.5 Å². The van der Waals surface area contributed by atoms with Gasteiger partial charge in [0, 0.05) is 43.6 Å². The van der Waals surface area contributed by atoms with E-state index in [9.17, 15) is 18.0 Å². The molecule has 1 atom stereocenters. The summed E-state index contributed by atoms with van der Waals surface area (Å²) in [6.07, 6.45) is -0.000433. The van der Waals surface area contributed by atoms with Gasteiger partial charge >= 0.3 is 6.18 Å². The van der Waals surface area contributed by atoms with Crippen LogP contribution in [0.4, 0.5) is 13.2 Å². The van der Waals surface area contributed by atoms with Crippen molar-refractivity contribution in [1.29, 1.82) is 0 Å². The van der Waals surface area contributed by atoms with E-state index in [-0.39, 0.29) is 30.6 Å². The second-order valence-electron chi connectivity index (χ2n) is 9.15. The van der Waals surface area contributed by atoms with Crippen LogP contribution >= 0.6 is 0 Å². The minimum absolute atomic E-state index is 0.0404. The van der Waals surface area contributed by atoms with E-state index >= 15 is 0 Å². The van der Waals surface area contributed by atoms with Crippen molar-refractivity contribution in [2.75, 3.05) is 13.1 Å². The first-order valence-corrected chi connectivity index (χ1v) is 11.4. The molecule has 3 heterocycles. The Hall–Kier alpha value is -2.12. The largest absolute Gasteiger partial charge is 0.391 e. The predicted octanol–water partition coefficient (Wildman–Crippen LogP) is 5.16. The van der Waals surface area contributed by atoms with E-state index in [0.29, 0.717) is 19.4 Å². The normalized spacial score (nSPS) is 25.2. The monoisotopic (exact) mass is 436 g/mol. The van der Waals surface area contributed by atoms with Crippen LogP contribution in [-0.4, -0.2) is 44.7 Å². The molecule has 8 heteroatoms.